The summed E-state index contributed by atoms with van der Waals surface area (Å²) in [4.78, 5) is 0. The third-order valence-electron chi connectivity index (χ3n) is 8.54. The van der Waals surface area contributed by atoms with Crippen LogP contribution in [0, 0.1) is 16.7 Å². The Morgan fingerprint density at radius 2 is 1.43 bits per heavy atom. The van der Waals surface area contributed by atoms with Crippen molar-refractivity contribution in [3.8, 4) is 0 Å². The van der Waals surface area contributed by atoms with E-state index in [2.05, 4.69) is 18.6 Å². The predicted molar refractivity (Wildman–Crippen MR) is 116 cm³/mol. The zero-order valence-electron chi connectivity index (χ0n) is 18.5. The number of hydrogen-bond donors (Lipinski definition) is 1. The lowest BCUT2D eigenvalue weighted by Crippen LogP contribution is -2.49. The van der Waals surface area contributed by atoms with Gasteiger partial charge in [-0.3, -0.25) is 0 Å². The average molecular weight is 414 g/mol. The summed E-state index contributed by atoms with van der Waals surface area (Å²) >= 11 is 0. The molecule has 164 valence electrons. The molecule has 2 bridgehead atoms. The SMILES string of the molecule is C1CCCCC1.COC1CC2CCC1(CS(=O)(=O)NC1CCCCC1)C2(C)C. The van der Waals surface area contributed by atoms with Crippen molar-refractivity contribution in [3.05, 3.63) is 0 Å². The van der Waals surface area contributed by atoms with Gasteiger partial charge >= 0.3 is 0 Å². The van der Waals surface area contributed by atoms with Gasteiger partial charge in [-0.05, 0) is 43.4 Å². The third-order valence-corrected chi connectivity index (χ3v) is 10.1. The van der Waals surface area contributed by atoms with Crippen molar-refractivity contribution in [1.29, 1.82) is 0 Å². The summed E-state index contributed by atoms with van der Waals surface area (Å²) in [5, 5.41) is 0. The predicted octanol–water partition coefficient (Wildman–Crippen LogP) is 5.42. The molecule has 0 aliphatic heterocycles. The maximum absolute atomic E-state index is 12.8. The van der Waals surface area contributed by atoms with E-state index in [1.165, 1.54) is 44.9 Å². The van der Waals surface area contributed by atoms with Gasteiger partial charge in [-0.1, -0.05) is 71.6 Å². The molecule has 0 aromatic heterocycles. The molecule has 0 aromatic carbocycles. The van der Waals surface area contributed by atoms with E-state index in [0.29, 0.717) is 5.92 Å². The topological polar surface area (TPSA) is 55.4 Å². The fourth-order valence-corrected chi connectivity index (χ4v) is 8.79. The lowest BCUT2D eigenvalue weighted by atomic mass is 9.69. The van der Waals surface area contributed by atoms with E-state index in [1.54, 1.807) is 7.11 Å². The van der Waals surface area contributed by atoms with Crippen molar-refractivity contribution in [2.45, 2.75) is 116 Å². The Labute approximate surface area is 173 Å². The fraction of sp³-hybridized carbons (Fsp3) is 1.00. The van der Waals surface area contributed by atoms with Gasteiger partial charge in [0.05, 0.1) is 11.9 Å². The van der Waals surface area contributed by atoms with Crippen LogP contribution in [0.25, 0.3) is 0 Å². The molecule has 3 atom stereocenters. The van der Waals surface area contributed by atoms with Gasteiger partial charge in [0.25, 0.3) is 0 Å². The van der Waals surface area contributed by atoms with Crippen LogP contribution in [-0.4, -0.2) is 33.4 Å². The molecule has 0 amide bonds. The molecule has 28 heavy (non-hydrogen) atoms. The lowest BCUT2D eigenvalue weighted by Gasteiger charge is -2.41. The summed E-state index contributed by atoms with van der Waals surface area (Å²) < 4.78 is 34.4. The molecule has 4 aliphatic rings. The van der Waals surface area contributed by atoms with Gasteiger partial charge in [0.15, 0.2) is 0 Å². The fourth-order valence-electron chi connectivity index (χ4n) is 6.58. The number of rotatable bonds is 5. The number of nitrogens with one attached hydrogen (secondary N) is 1. The van der Waals surface area contributed by atoms with Crippen LogP contribution < -0.4 is 4.72 Å². The molecule has 4 nitrogen and oxygen atoms in total. The number of ether oxygens (including phenoxy) is 1. The van der Waals surface area contributed by atoms with Crippen LogP contribution in [0.3, 0.4) is 0 Å². The van der Waals surface area contributed by atoms with E-state index in [9.17, 15) is 8.42 Å². The number of fused-ring (bicyclic) bond motifs is 2. The van der Waals surface area contributed by atoms with E-state index in [1.807, 2.05) is 0 Å². The normalized spacial score (nSPS) is 35.4. The highest BCUT2D eigenvalue weighted by molar-refractivity contribution is 7.89. The second kappa shape index (κ2) is 9.34. The average Bonchev–Trinajstić information content (AvgIpc) is 3.04. The molecular formula is C23H43NO3S. The summed E-state index contributed by atoms with van der Waals surface area (Å²) in [7, 11) is -1.51. The minimum Gasteiger partial charge on any atom is -0.381 e. The quantitative estimate of drug-likeness (QED) is 0.654. The second-order valence-corrected chi connectivity index (χ2v) is 12.2. The highest BCUT2D eigenvalue weighted by atomic mass is 32.2. The van der Waals surface area contributed by atoms with Crippen LogP contribution >= 0.6 is 0 Å². The van der Waals surface area contributed by atoms with Crippen LogP contribution in [0.5, 0.6) is 0 Å². The van der Waals surface area contributed by atoms with Gasteiger partial charge in [-0.2, -0.15) is 0 Å². The van der Waals surface area contributed by atoms with Gasteiger partial charge in [-0.15, -0.1) is 0 Å². The first-order valence-corrected chi connectivity index (χ1v) is 13.5. The van der Waals surface area contributed by atoms with Crippen LogP contribution in [0.2, 0.25) is 0 Å². The molecule has 0 spiro atoms. The summed E-state index contributed by atoms with van der Waals surface area (Å²) in [6.07, 6.45) is 17.7. The monoisotopic (exact) mass is 413 g/mol. The highest BCUT2D eigenvalue weighted by Gasteiger charge is 2.65. The summed E-state index contributed by atoms with van der Waals surface area (Å²) in [5.74, 6) is 0.834. The number of methoxy groups -OCH3 is 1. The smallest absolute Gasteiger partial charge is 0.212 e. The molecule has 4 saturated carbocycles. The summed E-state index contributed by atoms with van der Waals surface area (Å²) in [6.45, 7) is 4.50. The Morgan fingerprint density at radius 3 is 1.93 bits per heavy atom. The van der Waals surface area contributed by atoms with Gasteiger partial charge in [0, 0.05) is 18.6 Å². The molecule has 3 unspecified atom stereocenters. The van der Waals surface area contributed by atoms with Crippen LogP contribution in [0.1, 0.15) is 104 Å². The van der Waals surface area contributed by atoms with E-state index >= 15 is 0 Å². The molecule has 0 heterocycles. The summed E-state index contributed by atoms with van der Waals surface area (Å²) in [5.41, 5.74) is -0.165. The zero-order valence-corrected chi connectivity index (χ0v) is 19.3. The minimum absolute atomic E-state index is 0.0506. The molecule has 4 aliphatic carbocycles. The van der Waals surface area contributed by atoms with E-state index in [0.717, 1.165) is 44.9 Å². The van der Waals surface area contributed by atoms with Crippen LogP contribution in [0.15, 0.2) is 0 Å². The molecule has 4 fully saturated rings. The zero-order chi connectivity index (χ0) is 20.3. The minimum atomic E-state index is -3.25. The second-order valence-electron chi connectivity index (χ2n) is 10.4. The Kier molecular flexibility index (Phi) is 7.53. The maximum atomic E-state index is 12.8. The first kappa shape index (κ1) is 22.6. The standard InChI is InChI=1S/C17H31NO3S.C6H12/c1-16(2)13-9-10-17(16,15(11-13)21-3)12-22(19,20)18-14-7-5-4-6-8-14;1-2-4-6-5-3-1/h13-15,18H,4-12H2,1-3H3;1-6H2. The Balaban J connectivity index is 0.000000320. The van der Waals surface area contributed by atoms with Crippen molar-refractivity contribution in [3.63, 3.8) is 0 Å². The van der Waals surface area contributed by atoms with E-state index < -0.39 is 10.0 Å². The van der Waals surface area contributed by atoms with Crippen molar-refractivity contribution in [2.75, 3.05) is 12.9 Å². The van der Waals surface area contributed by atoms with Crippen molar-refractivity contribution in [2.24, 2.45) is 16.7 Å². The molecule has 5 heteroatoms. The highest BCUT2D eigenvalue weighted by Crippen LogP contribution is 2.66. The van der Waals surface area contributed by atoms with Crippen LogP contribution in [-0.2, 0) is 14.8 Å². The maximum Gasteiger partial charge on any atom is 0.212 e. The molecular weight excluding hydrogens is 370 g/mol. The number of sulfonamides is 1. The number of hydrogen-bond acceptors (Lipinski definition) is 3. The molecule has 4 rings (SSSR count). The third kappa shape index (κ3) is 4.78. The van der Waals surface area contributed by atoms with Crippen molar-refractivity contribution >= 4 is 10.0 Å². The van der Waals surface area contributed by atoms with E-state index in [-0.39, 0.29) is 28.7 Å². The lowest BCUT2D eigenvalue weighted by molar-refractivity contribution is -0.0179. The molecule has 0 radical (unpaired) electrons. The van der Waals surface area contributed by atoms with Gasteiger partial charge < -0.3 is 4.74 Å². The Hall–Kier alpha value is -0.130. The largest absolute Gasteiger partial charge is 0.381 e. The van der Waals surface area contributed by atoms with Gasteiger partial charge in [0.2, 0.25) is 10.0 Å². The first-order chi connectivity index (χ1) is 13.3. The van der Waals surface area contributed by atoms with E-state index in [4.69, 9.17) is 4.74 Å². The molecule has 0 aromatic rings. The van der Waals surface area contributed by atoms with Crippen molar-refractivity contribution in [1.82, 2.24) is 4.72 Å². The first-order valence-electron chi connectivity index (χ1n) is 11.8. The van der Waals surface area contributed by atoms with Gasteiger partial charge in [0.1, 0.15) is 0 Å². The van der Waals surface area contributed by atoms with Crippen molar-refractivity contribution < 1.29 is 13.2 Å². The molecule has 0 saturated heterocycles. The van der Waals surface area contributed by atoms with Crippen LogP contribution in [0.4, 0.5) is 0 Å². The molecule has 1 N–H and O–H groups in total. The Morgan fingerprint density at radius 1 is 0.893 bits per heavy atom. The Bertz CT molecular complexity index is 581. The summed E-state index contributed by atoms with van der Waals surface area (Å²) in [6, 6.07) is 0.151. The van der Waals surface area contributed by atoms with Gasteiger partial charge in [-0.25, -0.2) is 13.1 Å².